The van der Waals surface area contributed by atoms with Crippen LogP contribution in [0.5, 0.6) is 0 Å². The second-order valence-electron chi connectivity index (χ2n) is 5.00. The zero-order chi connectivity index (χ0) is 12.5. The van der Waals surface area contributed by atoms with Gasteiger partial charge in [-0.3, -0.25) is 0 Å². The van der Waals surface area contributed by atoms with Crippen molar-refractivity contribution in [2.75, 3.05) is 11.6 Å². The van der Waals surface area contributed by atoms with Gasteiger partial charge in [0.25, 0.3) is 0 Å². The van der Waals surface area contributed by atoms with Crippen LogP contribution in [0.3, 0.4) is 0 Å². The van der Waals surface area contributed by atoms with E-state index < -0.39 is 0 Å². The molecule has 1 aromatic heterocycles. The van der Waals surface area contributed by atoms with Gasteiger partial charge in [0, 0.05) is 11.3 Å². The number of hydrogen-bond donors (Lipinski definition) is 1. The van der Waals surface area contributed by atoms with Gasteiger partial charge in [0.05, 0.1) is 10.2 Å². The Morgan fingerprint density at radius 1 is 1.39 bits per heavy atom. The molecule has 1 N–H and O–H groups in total. The van der Waals surface area contributed by atoms with E-state index in [9.17, 15) is 0 Å². The average molecular weight is 278 g/mol. The third-order valence-corrected chi connectivity index (χ3v) is 5.65. The number of nitrogens with zero attached hydrogens (tertiary/aromatic N) is 1. The number of aryl methyl sites for hydroxylation is 1. The van der Waals surface area contributed by atoms with Gasteiger partial charge in [-0.15, -0.1) is 0 Å². The molecule has 1 fully saturated rings. The predicted molar refractivity (Wildman–Crippen MR) is 82.9 cm³/mol. The highest BCUT2D eigenvalue weighted by molar-refractivity contribution is 7.99. The van der Waals surface area contributed by atoms with Gasteiger partial charge in [-0.2, -0.15) is 11.8 Å². The van der Waals surface area contributed by atoms with Gasteiger partial charge < -0.3 is 5.32 Å². The first kappa shape index (κ1) is 12.3. The second-order valence-corrected chi connectivity index (χ2v) is 7.17. The maximum atomic E-state index is 4.69. The quantitative estimate of drug-likeness (QED) is 0.906. The molecule has 2 nitrogen and oxygen atoms in total. The van der Waals surface area contributed by atoms with Crippen molar-refractivity contribution in [2.24, 2.45) is 0 Å². The van der Waals surface area contributed by atoms with Crippen LogP contribution >= 0.6 is 23.1 Å². The van der Waals surface area contributed by atoms with Gasteiger partial charge in [-0.25, -0.2) is 4.98 Å². The maximum Gasteiger partial charge on any atom is 0.184 e. The van der Waals surface area contributed by atoms with Crippen molar-refractivity contribution in [1.82, 2.24) is 4.98 Å². The summed E-state index contributed by atoms with van der Waals surface area (Å²) in [6, 6.07) is 7.11. The summed E-state index contributed by atoms with van der Waals surface area (Å²) in [7, 11) is 0. The fourth-order valence-electron chi connectivity index (χ4n) is 2.56. The fourth-order valence-corrected chi connectivity index (χ4v) is 4.28. The first-order valence-electron chi connectivity index (χ1n) is 6.41. The van der Waals surface area contributed by atoms with E-state index in [0.29, 0.717) is 6.04 Å². The molecule has 2 atom stereocenters. The van der Waals surface area contributed by atoms with Crippen LogP contribution in [0.4, 0.5) is 5.13 Å². The van der Waals surface area contributed by atoms with Gasteiger partial charge >= 0.3 is 0 Å². The number of hydrogen-bond acceptors (Lipinski definition) is 4. The first-order valence-corrected chi connectivity index (χ1v) is 8.51. The maximum absolute atomic E-state index is 4.69. The molecule has 18 heavy (non-hydrogen) atoms. The Kier molecular flexibility index (Phi) is 3.48. The Hall–Kier alpha value is -0.740. The fraction of sp³-hybridized carbons (Fsp3) is 0.500. The third-order valence-electron chi connectivity index (χ3n) is 3.59. The largest absolute Gasteiger partial charge is 0.359 e. The Morgan fingerprint density at radius 2 is 2.28 bits per heavy atom. The molecule has 4 heteroatoms. The molecule has 1 heterocycles. The predicted octanol–water partition coefficient (Wildman–Crippen LogP) is 4.30. The van der Waals surface area contributed by atoms with Crippen molar-refractivity contribution in [3.8, 4) is 0 Å². The summed E-state index contributed by atoms with van der Waals surface area (Å²) in [6.07, 6.45) is 6.10. The molecular weight excluding hydrogens is 260 g/mol. The zero-order valence-electron chi connectivity index (χ0n) is 10.8. The molecule has 1 aromatic carbocycles. The molecule has 0 spiro atoms. The molecule has 0 aliphatic heterocycles. The topological polar surface area (TPSA) is 24.9 Å². The molecular formula is C14H18N2S2. The molecule has 3 rings (SSSR count). The van der Waals surface area contributed by atoms with E-state index >= 15 is 0 Å². The number of aromatic nitrogens is 1. The van der Waals surface area contributed by atoms with Gasteiger partial charge in [0.15, 0.2) is 5.13 Å². The summed E-state index contributed by atoms with van der Waals surface area (Å²) in [4.78, 5) is 4.69. The average Bonchev–Trinajstić information content (AvgIpc) is 2.95. The molecule has 1 saturated carbocycles. The zero-order valence-corrected chi connectivity index (χ0v) is 12.4. The monoisotopic (exact) mass is 278 g/mol. The van der Waals surface area contributed by atoms with E-state index in [-0.39, 0.29) is 0 Å². The molecule has 0 radical (unpaired) electrons. The highest BCUT2D eigenvalue weighted by atomic mass is 32.2. The summed E-state index contributed by atoms with van der Waals surface area (Å²) in [6.45, 7) is 2.12. The normalized spacial score (nSPS) is 23.7. The number of benzene rings is 1. The van der Waals surface area contributed by atoms with Gasteiger partial charge in [-0.05, 0) is 50.1 Å². The summed E-state index contributed by atoms with van der Waals surface area (Å²) >= 11 is 3.77. The number of fused-ring (bicyclic) bond motifs is 1. The van der Waals surface area contributed by atoms with Crippen LogP contribution in [-0.4, -0.2) is 22.5 Å². The smallest absolute Gasteiger partial charge is 0.184 e. The van der Waals surface area contributed by atoms with Crippen LogP contribution in [0, 0.1) is 6.92 Å². The SMILES string of the molecule is CSC1CCC(Nc2nc3cc(C)ccc3s2)C1. The molecule has 1 aliphatic rings. The van der Waals surface area contributed by atoms with Gasteiger partial charge in [-0.1, -0.05) is 17.4 Å². The molecule has 2 unspecified atom stereocenters. The van der Waals surface area contributed by atoms with Crippen LogP contribution in [0.25, 0.3) is 10.2 Å². The van der Waals surface area contributed by atoms with Crippen LogP contribution < -0.4 is 5.32 Å². The molecule has 1 aliphatic carbocycles. The van der Waals surface area contributed by atoms with Crippen molar-refractivity contribution < 1.29 is 0 Å². The minimum Gasteiger partial charge on any atom is -0.359 e. The third kappa shape index (κ3) is 2.50. The molecule has 96 valence electrons. The molecule has 2 aromatic rings. The standard InChI is InChI=1S/C14H18N2S2/c1-9-3-6-13-12(7-9)16-14(18-13)15-10-4-5-11(8-10)17-2/h3,6-7,10-11H,4-5,8H2,1-2H3,(H,15,16). The Morgan fingerprint density at radius 3 is 3.06 bits per heavy atom. The number of thiazole rings is 1. The molecule has 0 saturated heterocycles. The van der Waals surface area contributed by atoms with Gasteiger partial charge in [0.1, 0.15) is 0 Å². The number of rotatable bonds is 3. The minimum absolute atomic E-state index is 0.615. The Balaban J connectivity index is 1.75. The Bertz CT molecular complexity index is 550. The Labute approximate surface area is 116 Å². The second kappa shape index (κ2) is 5.10. The van der Waals surface area contributed by atoms with E-state index in [0.717, 1.165) is 15.9 Å². The minimum atomic E-state index is 0.615. The first-order chi connectivity index (χ1) is 8.74. The van der Waals surface area contributed by atoms with E-state index in [1.807, 2.05) is 11.8 Å². The van der Waals surface area contributed by atoms with Crippen molar-refractivity contribution in [2.45, 2.75) is 37.5 Å². The summed E-state index contributed by atoms with van der Waals surface area (Å²) < 4.78 is 1.28. The number of thioether (sulfide) groups is 1. The van der Waals surface area contributed by atoms with Crippen molar-refractivity contribution >= 4 is 38.4 Å². The number of nitrogens with one attached hydrogen (secondary N) is 1. The summed E-state index contributed by atoms with van der Waals surface area (Å²) in [5.41, 5.74) is 2.41. The van der Waals surface area contributed by atoms with Crippen LogP contribution in [0.2, 0.25) is 0 Å². The van der Waals surface area contributed by atoms with Crippen LogP contribution in [0.1, 0.15) is 24.8 Å². The molecule has 0 bridgehead atoms. The summed E-state index contributed by atoms with van der Waals surface area (Å²) in [5.74, 6) is 0. The van der Waals surface area contributed by atoms with E-state index in [4.69, 9.17) is 0 Å². The lowest BCUT2D eigenvalue weighted by molar-refractivity contribution is 0.756. The highest BCUT2D eigenvalue weighted by Crippen LogP contribution is 2.32. The summed E-state index contributed by atoms with van der Waals surface area (Å²) in [5, 5.41) is 5.53. The van der Waals surface area contributed by atoms with Crippen LogP contribution in [-0.2, 0) is 0 Å². The lowest BCUT2D eigenvalue weighted by atomic mass is 10.2. The molecule has 0 amide bonds. The van der Waals surface area contributed by atoms with Crippen LogP contribution in [0.15, 0.2) is 18.2 Å². The van der Waals surface area contributed by atoms with E-state index in [2.05, 4.69) is 41.7 Å². The van der Waals surface area contributed by atoms with Gasteiger partial charge in [0.2, 0.25) is 0 Å². The van der Waals surface area contributed by atoms with Crippen molar-refractivity contribution in [3.05, 3.63) is 23.8 Å². The lowest BCUT2D eigenvalue weighted by Crippen LogP contribution is -2.15. The van der Waals surface area contributed by atoms with Crippen molar-refractivity contribution in [3.63, 3.8) is 0 Å². The van der Waals surface area contributed by atoms with E-state index in [1.165, 1.54) is 29.5 Å². The van der Waals surface area contributed by atoms with Crippen molar-refractivity contribution in [1.29, 1.82) is 0 Å². The highest BCUT2D eigenvalue weighted by Gasteiger charge is 2.24. The lowest BCUT2D eigenvalue weighted by Gasteiger charge is -2.10. The van der Waals surface area contributed by atoms with E-state index in [1.54, 1.807) is 11.3 Å². The number of anilines is 1.